The van der Waals surface area contributed by atoms with E-state index in [2.05, 4.69) is 19.6 Å². The van der Waals surface area contributed by atoms with Crippen molar-refractivity contribution in [1.82, 2.24) is 9.55 Å². The average Bonchev–Trinajstić information content (AvgIpc) is 3.34. The van der Waals surface area contributed by atoms with Gasteiger partial charge in [-0.1, -0.05) is 109 Å². The number of aliphatic hydroxyl groups is 1. The van der Waals surface area contributed by atoms with Gasteiger partial charge in [-0.15, -0.1) is 0 Å². The van der Waals surface area contributed by atoms with Crippen LogP contribution >= 0.6 is 19.6 Å². The Labute approximate surface area is 273 Å². The Morgan fingerprint density at radius 1 is 1.00 bits per heavy atom. The molecular weight excluding hydrogens is 638 g/mol. The van der Waals surface area contributed by atoms with Gasteiger partial charge in [0.1, 0.15) is 12.3 Å². The van der Waals surface area contributed by atoms with Crippen LogP contribution in [0.5, 0.6) is 0 Å². The van der Waals surface area contributed by atoms with Crippen LogP contribution in [0, 0.1) is 5.82 Å². The maximum absolute atomic E-state index is 13.6. The van der Waals surface area contributed by atoms with E-state index in [0.717, 1.165) is 16.7 Å². The van der Waals surface area contributed by atoms with Crippen molar-refractivity contribution in [3.8, 4) is 0 Å². The fourth-order valence-corrected chi connectivity index (χ4v) is 8.71. The normalized spacial score (nSPS) is 20.8. The molecule has 1 aromatic heterocycles. The summed E-state index contributed by atoms with van der Waals surface area (Å²) < 4.78 is 42.7. The van der Waals surface area contributed by atoms with Crippen LogP contribution in [-0.4, -0.2) is 64.0 Å². The number of nitrogens with zero attached hydrogens (tertiary/aromatic N) is 1. The first kappa shape index (κ1) is 40.4. The third-order valence-electron chi connectivity index (χ3n) is 8.08. The molecule has 0 bridgehead atoms. The van der Waals surface area contributed by atoms with Gasteiger partial charge in [-0.05, 0) is 19.1 Å². The van der Waals surface area contributed by atoms with E-state index in [-0.39, 0.29) is 13.0 Å². The van der Waals surface area contributed by atoms with Crippen LogP contribution in [-0.2, 0) is 18.3 Å². The summed E-state index contributed by atoms with van der Waals surface area (Å²) >= 11 is 1.66. The maximum atomic E-state index is 13.6. The van der Waals surface area contributed by atoms with Crippen LogP contribution in [0.15, 0.2) is 15.8 Å². The summed E-state index contributed by atoms with van der Waals surface area (Å²) in [7, 11) is -5.27. The van der Waals surface area contributed by atoms with Gasteiger partial charge in [-0.25, -0.2) is 9.36 Å². The number of thioether (sulfide) groups is 1. The lowest BCUT2D eigenvalue weighted by Crippen LogP contribution is -2.35. The molecule has 14 heteroatoms. The lowest BCUT2D eigenvalue weighted by Gasteiger charge is -2.24. The van der Waals surface area contributed by atoms with E-state index in [1.54, 1.807) is 11.8 Å². The first-order chi connectivity index (χ1) is 21.3. The number of nitrogens with one attached hydrogen (secondary N) is 1. The Bertz CT molecular complexity index is 1130. The van der Waals surface area contributed by atoms with Gasteiger partial charge in [0.15, 0.2) is 0 Å². The number of halogens is 1. The summed E-state index contributed by atoms with van der Waals surface area (Å²) in [6.45, 7) is 8.86. The highest BCUT2D eigenvalue weighted by Crippen LogP contribution is 2.46. The standard InChI is InChI=1S/C31H58FN2O8PSSi/c1-25(29-27(35)23-28(41-29)34-24-26(32)30(36)33-31(34)37)42-43(38,39)40-19-21-44-20-17-15-13-11-9-7-5-6-8-10-12-14-16-18-22-45(2,3)4/h24-25,27-29,35H,5-23H2,1-4H3,(H,38,39)(H,33,36,37)/t25-,27+,28-,29-/m1/s1. The van der Waals surface area contributed by atoms with Gasteiger partial charge >= 0.3 is 13.5 Å². The third-order valence-corrected chi connectivity index (χ3v) is 12.1. The fraction of sp³-hybridized carbons (Fsp3) is 0.871. The highest BCUT2D eigenvalue weighted by atomic mass is 32.2. The first-order valence-corrected chi connectivity index (χ1v) is 23.2. The van der Waals surface area contributed by atoms with E-state index in [4.69, 9.17) is 13.8 Å². The van der Waals surface area contributed by atoms with Crippen LogP contribution in [0.4, 0.5) is 4.39 Å². The molecular formula is C31H58FN2O8PSSi. The maximum Gasteiger partial charge on any atom is 0.472 e. The van der Waals surface area contributed by atoms with Gasteiger partial charge in [-0.3, -0.25) is 23.4 Å². The molecule has 2 rings (SSSR count). The molecule has 0 amide bonds. The van der Waals surface area contributed by atoms with Crippen LogP contribution in [0.2, 0.25) is 25.7 Å². The van der Waals surface area contributed by atoms with Gasteiger partial charge in [0, 0.05) is 20.2 Å². The van der Waals surface area contributed by atoms with Crippen molar-refractivity contribution in [2.75, 3.05) is 18.1 Å². The molecule has 1 aliphatic rings. The second kappa shape index (κ2) is 21.2. The predicted octanol–water partition coefficient (Wildman–Crippen LogP) is 7.38. The van der Waals surface area contributed by atoms with Crippen molar-refractivity contribution in [3.05, 3.63) is 32.9 Å². The minimum atomic E-state index is -4.42. The van der Waals surface area contributed by atoms with Gasteiger partial charge < -0.3 is 14.7 Å². The molecule has 1 fully saturated rings. The minimum Gasteiger partial charge on any atom is -0.390 e. The molecule has 0 aromatic carbocycles. The van der Waals surface area contributed by atoms with Crippen LogP contribution in [0.1, 0.15) is 109 Å². The molecule has 0 spiro atoms. The number of aromatic nitrogens is 2. The van der Waals surface area contributed by atoms with Gasteiger partial charge in [-0.2, -0.15) is 16.2 Å². The highest BCUT2D eigenvalue weighted by Gasteiger charge is 2.42. The van der Waals surface area contributed by atoms with Crippen molar-refractivity contribution in [1.29, 1.82) is 0 Å². The van der Waals surface area contributed by atoms with Gasteiger partial charge in [0.05, 0.1) is 25.0 Å². The summed E-state index contributed by atoms with van der Waals surface area (Å²) in [5, 5.41) is 10.4. The van der Waals surface area contributed by atoms with Crippen molar-refractivity contribution >= 4 is 27.7 Å². The molecule has 262 valence electrons. The number of phosphoric ester groups is 1. The summed E-state index contributed by atoms with van der Waals surface area (Å²) in [5.41, 5.74) is -2.05. The van der Waals surface area contributed by atoms with Crippen LogP contribution < -0.4 is 11.2 Å². The molecule has 10 nitrogen and oxygen atoms in total. The first-order valence-electron chi connectivity index (χ1n) is 16.9. The molecule has 45 heavy (non-hydrogen) atoms. The highest BCUT2D eigenvalue weighted by molar-refractivity contribution is 7.99. The number of ether oxygens (including phenoxy) is 1. The summed E-state index contributed by atoms with van der Waals surface area (Å²) in [6, 6.07) is 1.47. The minimum absolute atomic E-state index is 0.0342. The van der Waals surface area contributed by atoms with Crippen molar-refractivity contribution < 1.29 is 32.7 Å². The molecule has 0 saturated carbocycles. The lowest BCUT2D eigenvalue weighted by molar-refractivity contribution is -0.0765. The zero-order chi connectivity index (χ0) is 33.3. The average molecular weight is 697 g/mol. The van der Waals surface area contributed by atoms with Crippen molar-refractivity contribution in [2.24, 2.45) is 0 Å². The predicted molar refractivity (Wildman–Crippen MR) is 182 cm³/mol. The number of hydrogen-bond donors (Lipinski definition) is 3. The zero-order valence-corrected chi connectivity index (χ0v) is 30.6. The molecule has 2 heterocycles. The molecule has 1 aliphatic heterocycles. The number of H-pyrrole nitrogens is 1. The smallest absolute Gasteiger partial charge is 0.390 e. The Morgan fingerprint density at radius 2 is 1.53 bits per heavy atom. The molecule has 3 N–H and O–H groups in total. The summed E-state index contributed by atoms with van der Waals surface area (Å²) in [6.07, 6.45) is 14.9. The molecule has 1 saturated heterocycles. The molecule has 5 atom stereocenters. The number of aromatic amines is 1. The number of aliphatic hydroxyl groups excluding tert-OH is 1. The molecule has 0 radical (unpaired) electrons. The zero-order valence-electron chi connectivity index (χ0n) is 27.8. The van der Waals surface area contributed by atoms with Crippen molar-refractivity contribution in [3.63, 3.8) is 0 Å². The lowest BCUT2D eigenvalue weighted by atomic mass is 10.0. The van der Waals surface area contributed by atoms with E-state index < -0.39 is 57.5 Å². The Balaban J connectivity index is 1.43. The largest absolute Gasteiger partial charge is 0.472 e. The SMILES string of the molecule is C[C@@H](OP(=O)(O)OCCSCCCCCCCCCCCCCCCC[Si](C)(C)C)[C@H]1O[C@@H](n2cc(F)c(=O)[nH]c2=O)C[C@@H]1O. The quantitative estimate of drug-likeness (QED) is 0.0543. The van der Waals surface area contributed by atoms with E-state index in [0.29, 0.717) is 11.9 Å². The topological polar surface area (TPSA) is 140 Å². The fourth-order valence-electron chi connectivity index (χ4n) is 5.54. The molecule has 0 aliphatic carbocycles. The number of hydrogen-bond acceptors (Lipinski definition) is 8. The van der Waals surface area contributed by atoms with E-state index in [9.17, 15) is 28.5 Å². The van der Waals surface area contributed by atoms with Crippen LogP contribution in [0.3, 0.4) is 0 Å². The third kappa shape index (κ3) is 17.3. The van der Waals surface area contributed by atoms with Gasteiger partial charge in [0.2, 0.25) is 5.82 Å². The second-order valence-electron chi connectivity index (χ2n) is 13.5. The number of phosphoric acid groups is 1. The van der Waals surface area contributed by atoms with Gasteiger partial charge in [0.25, 0.3) is 5.56 Å². The molecule has 1 aromatic rings. The number of unbranched alkanes of at least 4 members (excludes halogenated alkanes) is 13. The van der Waals surface area contributed by atoms with E-state index in [1.807, 2.05) is 4.98 Å². The summed E-state index contributed by atoms with van der Waals surface area (Å²) in [5.74, 6) is 0.334. The summed E-state index contributed by atoms with van der Waals surface area (Å²) in [4.78, 5) is 35.2. The Morgan fingerprint density at radius 3 is 2.09 bits per heavy atom. The Kier molecular flexibility index (Phi) is 19.1. The Hall–Kier alpha value is -0.793. The van der Waals surface area contributed by atoms with Crippen LogP contribution in [0.25, 0.3) is 0 Å². The monoisotopic (exact) mass is 696 g/mol. The second-order valence-corrected chi connectivity index (χ2v) is 21.7. The number of rotatable bonds is 25. The van der Waals surface area contributed by atoms with Crippen molar-refractivity contribution in [2.45, 2.75) is 153 Å². The van der Waals surface area contributed by atoms with E-state index >= 15 is 0 Å². The van der Waals surface area contributed by atoms with E-state index in [1.165, 1.54) is 96.4 Å². The molecule has 1 unspecified atom stereocenters.